The van der Waals surface area contributed by atoms with Crippen molar-refractivity contribution in [2.75, 3.05) is 23.1 Å². The molecule has 0 unspecified atom stereocenters. The minimum atomic E-state index is -0.516. The molecule has 3 aromatic rings. The van der Waals surface area contributed by atoms with Gasteiger partial charge in [0.25, 0.3) is 11.6 Å². The van der Waals surface area contributed by atoms with E-state index in [9.17, 15) is 19.7 Å². The number of ether oxygens (including phenoxy) is 1. The lowest BCUT2D eigenvalue weighted by Gasteiger charge is -2.27. The third-order valence-corrected chi connectivity index (χ3v) is 6.22. The van der Waals surface area contributed by atoms with E-state index in [2.05, 4.69) is 5.32 Å². The van der Waals surface area contributed by atoms with Gasteiger partial charge in [-0.3, -0.25) is 24.6 Å². The molecule has 1 fully saturated rings. The largest absolute Gasteiger partial charge is 0.495 e. The number of amides is 2. The average Bonchev–Trinajstić information content (AvgIpc) is 3.20. The SMILES string of the molecule is COc1ccccc1N1C(=O)CS[C@H]1c1ccccc1NC(=O)c1ccc([N+](=O)[O-])cc1. The molecule has 2 amide bonds. The van der Waals surface area contributed by atoms with Gasteiger partial charge in [0.15, 0.2) is 0 Å². The molecule has 3 aromatic carbocycles. The first kappa shape index (κ1) is 21.4. The van der Waals surface area contributed by atoms with Gasteiger partial charge >= 0.3 is 0 Å². The molecule has 1 atom stereocenters. The van der Waals surface area contributed by atoms with Crippen molar-refractivity contribution in [1.82, 2.24) is 0 Å². The number of non-ortho nitro benzene ring substituents is 1. The van der Waals surface area contributed by atoms with E-state index in [0.29, 0.717) is 28.4 Å². The van der Waals surface area contributed by atoms with Crippen LogP contribution in [0.5, 0.6) is 5.75 Å². The number of methoxy groups -OCH3 is 1. The number of nitrogens with zero attached hydrogens (tertiary/aromatic N) is 2. The van der Waals surface area contributed by atoms with E-state index in [1.54, 1.807) is 30.2 Å². The fourth-order valence-corrected chi connectivity index (χ4v) is 4.70. The third-order valence-electron chi connectivity index (χ3n) is 5.03. The van der Waals surface area contributed by atoms with Crippen LogP contribution in [0.3, 0.4) is 0 Å². The zero-order valence-electron chi connectivity index (χ0n) is 17.1. The smallest absolute Gasteiger partial charge is 0.269 e. The van der Waals surface area contributed by atoms with Crippen LogP contribution in [0.15, 0.2) is 72.8 Å². The molecule has 0 saturated carbocycles. The fourth-order valence-electron chi connectivity index (χ4n) is 3.50. The highest BCUT2D eigenvalue weighted by Crippen LogP contribution is 2.46. The molecule has 32 heavy (non-hydrogen) atoms. The Bertz CT molecular complexity index is 1180. The zero-order chi connectivity index (χ0) is 22.7. The second-order valence-electron chi connectivity index (χ2n) is 6.94. The van der Waals surface area contributed by atoms with Crippen molar-refractivity contribution in [2.24, 2.45) is 0 Å². The first-order chi connectivity index (χ1) is 15.5. The predicted molar refractivity (Wildman–Crippen MR) is 123 cm³/mol. The number of nitro benzene ring substituents is 1. The number of carbonyl (C=O) groups is 2. The minimum absolute atomic E-state index is 0.0546. The second kappa shape index (κ2) is 9.11. The number of thioether (sulfide) groups is 1. The molecule has 0 spiro atoms. The molecular formula is C23H19N3O5S. The molecule has 1 saturated heterocycles. The molecule has 0 bridgehead atoms. The number of hydrogen-bond donors (Lipinski definition) is 1. The lowest BCUT2D eigenvalue weighted by Crippen LogP contribution is -2.29. The summed E-state index contributed by atoms with van der Waals surface area (Å²) in [4.78, 5) is 37.6. The van der Waals surface area contributed by atoms with Crippen LogP contribution in [0.1, 0.15) is 21.3 Å². The maximum absolute atomic E-state index is 12.8. The van der Waals surface area contributed by atoms with Crippen molar-refractivity contribution in [3.63, 3.8) is 0 Å². The van der Waals surface area contributed by atoms with Gasteiger partial charge in [-0.2, -0.15) is 0 Å². The van der Waals surface area contributed by atoms with Gasteiger partial charge < -0.3 is 10.1 Å². The van der Waals surface area contributed by atoms with E-state index in [1.807, 2.05) is 30.3 Å². The van der Waals surface area contributed by atoms with Gasteiger partial charge in [0.05, 0.1) is 23.5 Å². The molecule has 1 aliphatic rings. The van der Waals surface area contributed by atoms with Crippen LogP contribution in [0.2, 0.25) is 0 Å². The lowest BCUT2D eigenvalue weighted by molar-refractivity contribution is -0.384. The van der Waals surface area contributed by atoms with Gasteiger partial charge in [-0.25, -0.2) is 0 Å². The summed E-state index contributed by atoms with van der Waals surface area (Å²) in [6, 6.07) is 20.0. The topological polar surface area (TPSA) is 102 Å². The van der Waals surface area contributed by atoms with E-state index in [-0.39, 0.29) is 17.0 Å². The predicted octanol–water partition coefficient (Wildman–Crippen LogP) is 4.63. The summed E-state index contributed by atoms with van der Waals surface area (Å²) in [5.41, 5.74) is 2.19. The monoisotopic (exact) mass is 449 g/mol. The molecule has 0 aromatic heterocycles. The average molecular weight is 449 g/mol. The van der Waals surface area contributed by atoms with Crippen molar-refractivity contribution >= 4 is 40.6 Å². The minimum Gasteiger partial charge on any atom is -0.495 e. The third kappa shape index (κ3) is 4.15. The van der Waals surface area contributed by atoms with Crippen molar-refractivity contribution in [3.8, 4) is 5.75 Å². The lowest BCUT2D eigenvalue weighted by atomic mass is 10.1. The Balaban J connectivity index is 1.65. The Hall–Kier alpha value is -3.85. The molecule has 8 nitrogen and oxygen atoms in total. The van der Waals surface area contributed by atoms with Gasteiger partial charge in [-0.1, -0.05) is 30.3 Å². The van der Waals surface area contributed by atoms with Crippen LogP contribution < -0.4 is 15.0 Å². The van der Waals surface area contributed by atoms with E-state index in [4.69, 9.17) is 4.74 Å². The highest BCUT2D eigenvalue weighted by atomic mass is 32.2. The maximum atomic E-state index is 12.8. The number of nitro groups is 1. The number of rotatable bonds is 6. The highest BCUT2D eigenvalue weighted by molar-refractivity contribution is 8.00. The summed E-state index contributed by atoms with van der Waals surface area (Å²) in [5, 5.41) is 13.4. The number of carbonyl (C=O) groups excluding carboxylic acids is 2. The summed E-state index contributed by atoms with van der Waals surface area (Å²) >= 11 is 1.46. The fraction of sp³-hybridized carbons (Fsp3) is 0.130. The number of para-hydroxylation sites is 3. The molecule has 1 aliphatic heterocycles. The van der Waals surface area contributed by atoms with Crippen LogP contribution in [0.25, 0.3) is 0 Å². The van der Waals surface area contributed by atoms with E-state index in [1.165, 1.54) is 36.0 Å². The first-order valence-electron chi connectivity index (χ1n) is 9.71. The first-order valence-corrected chi connectivity index (χ1v) is 10.8. The Morgan fingerprint density at radius 1 is 1.09 bits per heavy atom. The normalized spacial score (nSPS) is 15.5. The second-order valence-corrected chi connectivity index (χ2v) is 8.01. The number of anilines is 2. The Kier molecular flexibility index (Phi) is 6.09. The summed E-state index contributed by atoms with van der Waals surface area (Å²) in [5.74, 6) is 0.431. The number of nitrogens with one attached hydrogen (secondary N) is 1. The van der Waals surface area contributed by atoms with Gasteiger partial charge in [-0.05, 0) is 30.3 Å². The van der Waals surface area contributed by atoms with Crippen molar-refractivity contribution in [3.05, 3.63) is 94.0 Å². The molecule has 4 rings (SSSR count). The molecule has 0 radical (unpaired) electrons. The van der Waals surface area contributed by atoms with E-state index >= 15 is 0 Å². The maximum Gasteiger partial charge on any atom is 0.269 e. The standard InChI is InChI=1S/C23H19N3O5S/c1-31-20-9-5-4-8-19(20)25-21(27)14-32-23(25)17-6-2-3-7-18(17)24-22(28)15-10-12-16(13-11-15)26(29)30/h2-13,23H,14H2,1H3,(H,24,28)/t23-/m0/s1. The molecule has 1 heterocycles. The number of hydrogen-bond acceptors (Lipinski definition) is 6. The number of benzene rings is 3. The van der Waals surface area contributed by atoms with Crippen LogP contribution >= 0.6 is 11.8 Å². The molecular weight excluding hydrogens is 430 g/mol. The quantitative estimate of drug-likeness (QED) is 0.435. The summed E-state index contributed by atoms with van der Waals surface area (Å²) < 4.78 is 5.45. The molecule has 0 aliphatic carbocycles. The zero-order valence-corrected chi connectivity index (χ0v) is 17.9. The molecule has 9 heteroatoms. The Morgan fingerprint density at radius 2 is 1.78 bits per heavy atom. The van der Waals surface area contributed by atoms with Crippen LogP contribution in [-0.4, -0.2) is 29.6 Å². The van der Waals surface area contributed by atoms with E-state index in [0.717, 1.165) is 5.56 Å². The van der Waals surface area contributed by atoms with Crippen molar-refractivity contribution < 1.29 is 19.2 Å². The van der Waals surface area contributed by atoms with Crippen molar-refractivity contribution in [1.29, 1.82) is 0 Å². The van der Waals surface area contributed by atoms with Crippen LogP contribution in [0.4, 0.5) is 17.1 Å². The van der Waals surface area contributed by atoms with Gasteiger partial charge in [-0.15, -0.1) is 11.8 Å². The van der Waals surface area contributed by atoms with Gasteiger partial charge in [0, 0.05) is 28.9 Å². The molecule has 1 N–H and O–H groups in total. The summed E-state index contributed by atoms with van der Waals surface area (Å²) in [6.07, 6.45) is 0. The van der Waals surface area contributed by atoms with E-state index < -0.39 is 10.8 Å². The van der Waals surface area contributed by atoms with Crippen molar-refractivity contribution in [2.45, 2.75) is 5.37 Å². The molecule has 162 valence electrons. The van der Waals surface area contributed by atoms with Crippen LogP contribution in [0, 0.1) is 10.1 Å². The van der Waals surface area contributed by atoms with Crippen LogP contribution in [-0.2, 0) is 4.79 Å². The van der Waals surface area contributed by atoms with Gasteiger partial charge in [0.2, 0.25) is 5.91 Å². The Morgan fingerprint density at radius 3 is 2.50 bits per heavy atom. The summed E-state index contributed by atoms with van der Waals surface area (Å²) in [6.45, 7) is 0. The Labute approximate surface area is 188 Å². The summed E-state index contributed by atoms with van der Waals surface area (Å²) in [7, 11) is 1.56. The van der Waals surface area contributed by atoms with Gasteiger partial charge in [0.1, 0.15) is 11.1 Å². The highest BCUT2D eigenvalue weighted by Gasteiger charge is 2.36.